The van der Waals surface area contributed by atoms with Crippen LogP contribution in [-0.4, -0.2) is 45.3 Å². The Morgan fingerprint density at radius 2 is 1.96 bits per heavy atom. The summed E-state index contributed by atoms with van der Waals surface area (Å²) in [5.74, 6) is 0. The number of hydrogen-bond acceptors (Lipinski definition) is 2. The minimum absolute atomic E-state index is 0.0289. The summed E-state index contributed by atoms with van der Waals surface area (Å²) in [6, 6.07) is 11.6. The monoisotopic (exact) mass is 394 g/mol. The Morgan fingerprint density at radius 1 is 1.19 bits per heavy atom. The molecule has 0 spiro atoms. The molecule has 4 N–H and O–H groups in total. The second kappa shape index (κ2) is 8.86. The molecule has 0 bridgehead atoms. The number of likely N-dealkylation sites (N-methyl/N-ethyl adjacent to an activating group) is 1. The molecule has 1 aromatic heterocycles. The molecular formula is C19H27ClN4OS+2. The maximum atomic E-state index is 12.5. The number of carbonyl (C=O) groups excluding carboxylic acids is 1. The van der Waals surface area contributed by atoms with Crippen molar-refractivity contribution in [3.63, 3.8) is 0 Å². The zero-order chi connectivity index (χ0) is 18.5. The topological polar surface area (TPSA) is 50.0 Å². The van der Waals surface area contributed by atoms with Crippen molar-refractivity contribution in [2.75, 3.05) is 38.5 Å². The lowest BCUT2D eigenvalue weighted by Crippen LogP contribution is -3.27. The quantitative estimate of drug-likeness (QED) is 0.602. The molecule has 7 heteroatoms. The molecule has 140 valence electrons. The van der Waals surface area contributed by atoms with Gasteiger partial charge in [-0.3, -0.25) is 0 Å². The predicted molar refractivity (Wildman–Crippen MR) is 107 cm³/mol. The molecule has 0 radical (unpaired) electrons. The van der Waals surface area contributed by atoms with E-state index in [1.807, 2.05) is 12.1 Å². The van der Waals surface area contributed by atoms with Gasteiger partial charge in [-0.25, -0.2) is 4.79 Å². The fourth-order valence-electron chi connectivity index (χ4n) is 3.60. The molecule has 1 aliphatic heterocycles. The highest BCUT2D eigenvalue weighted by Crippen LogP contribution is 2.20. The van der Waals surface area contributed by atoms with Gasteiger partial charge in [0.2, 0.25) is 0 Å². The molecule has 2 atom stereocenters. The van der Waals surface area contributed by atoms with Crippen molar-refractivity contribution in [3.05, 3.63) is 51.7 Å². The summed E-state index contributed by atoms with van der Waals surface area (Å²) >= 11 is 7.76. The van der Waals surface area contributed by atoms with Gasteiger partial charge in [-0.1, -0.05) is 23.7 Å². The smallest absolute Gasteiger partial charge is 0.319 e. The SMILES string of the molecule is C[C@@H](NC(=O)Nc1cccc(Cl)c1)[C@@H](c1cccs1)[NH+]1CC[NH+](C)CC1. The van der Waals surface area contributed by atoms with Crippen molar-refractivity contribution < 1.29 is 14.6 Å². The fraction of sp³-hybridized carbons (Fsp3) is 0.421. The molecule has 26 heavy (non-hydrogen) atoms. The molecule has 0 aliphatic carbocycles. The molecule has 0 saturated carbocycles. The Balaban J connectivity index is 1.67. The zero-order valence-corrected chi connectivity index (χ0v) is 16.8. The summed E-state index contributed by atoms with van der Waals surface area (Å²) in [7, 11) is 2.25. The number of hydrogen-bond donors (Lipinski definition) is 4. The highest BCUT2D eigenvalue weighted by atomic mass is 35.5. The van der Waals surface area contributed by atoms with Gasteiger partial charge in [0, 0.05) is 10.7 Å². The standard InChI is InChI=1S/C19H25ClN4OS/c1-14(21-19(25)22-16-6-3-5-15(20)13-16)18(17-7-4-12-26-17)24-10-8-23(2)9-11-24/h3-7,12-14,18H,8-11H2,1-2H3,(H2,21,22,25)/p+2/t14-,18+/m1/s1. The van der Waals surface area contributed by atoms with Crippen LogP contribution in [0.15, 0.2) is 41.8 Å². The minimum atomic E-state index is -0.194. The van der Waals surface area contributed by atoms with E-state index in [-0.39, 0.29) is 18.1 Å². The first kappa shape index (κ1) is 19.2. The normalized spacial score (nSPS) is 22.4. The van der Waals surface area contributed by atoms with Gasteiger partial charge in [-0.05, 0) is 36.6 Å². The zero-order valence-electron chi connectivity index (χ0n) is 15.2. The largest absolute Gasteiger partial charge is 0.329 e. The summed E-state index contributed by atoms with van der Waals surface area (Å²) in [5.41, 5.74) is 0.699. The number of nitrogens with one attached hydrogen (secondary N) is 4. The second-order valence-corrected chi connectivity index (χ2v) is 8.42. The van der Waals surface area contributed by atoms with Gasteiger partial charge in [0.1, 0.15) is 32.2 Å². The van der Waals surface area contributed by atoms with E-state index in [9.17, 15) is 4.79 Å². The van der Waals surface area contributed by atoms with Gasteiger partial charge in [-0.2, -0.15) is 0 Å². The minimum Gasteiger partial charge on any atom is -0.329 e. The van der Waals surface area contributed by atoms with Crippen molar-refractivity contribution in [1.82, 2.24) is 5.32 Å². The first-order valence-corrected chi connectivity index (χ1v) is 10.3. The van der Waals surface area contributed by atoms with Crippen LogP contribution < -0.4 is 20.4 Å². The number of urea groups is 1. The predicted octanol–water partition coefficient (Wildman–Crippen LogP) is 1.07. The third-order valence-electron chi connectivity index (χ3n) is 4.98. The Hall–Kier alpha value is -1.60. The third kappa shape index (κ3) is 4.98. The Morgan fingerprint density at radius 3 is 2.62 bits per heavy atom. The number of benzene rings is 1. The molecule has 1 saturated heterocycles. The maximum Gasteiger partial charge on any atom is 0.319 e. The van der Waals surface area contributed by atoms with Gasteiger partial charge in [0.05, 0.1) is 18.0 Å². The molecular weight excluding hydrogens is 368 g/mol. The van der Waals surface area contributed by atoms with Crippen LogP contribution in [0.5, 0.6) is 0 Å². The first-order chi connectivity index (χ1) is 12.5. The fourth-order valence-corrected chi connectivity index (χ4v) is 4.78. The number of anilines is 1. The van der Waals surface area contributed by atoms with Crippen LogP contribution in [0.3, 0.4) is 0 Å². The van der Waals surface area contributed by atoms with Crippen molar-refractivity contribution in [2.45, 2.75) is 19.0 Å². The lowest BCUT2D eigenvalue weighted by molar-refractivity contribution is -1.02. The van der Waals surface area contributed by atoms with Crippen LogP contribution in [0.4, 0.5) is 10.5 Å². The number of amides is 2. The highest BCUT2D eigenvalue weighted by molar-refractivity contribution is 7.10. The van der Waals surface area contributed by atoms with E-state index in [1.165, 1.54) is 18.0 Å². The van der Waals surface area contributed by atoms with Crippen LogP contribution in [0.2, 0.25) is 5.02 Å². The maximum absolute atomic E-state index is 12.5. The van der Waals surface area contributed by atoms with Crippen LogP contribution in [0.25, 0.3) is 0 Å². The van der Waals surface area contributed by atoms with Crippen LogP contribution in [0.1, 0.15) is 17.8 Å². The second-order valence-electron chi connectivity index (χ2n) is 7.01. The van der Waals surface area contributed by atoms with Crippen molar-refractivity contribution >= 4 is 34.7 Å². The molecule has 1 aliphatic rings. The number of carbonyl (C=O) groups is 1. The summed E-state index contributed by atoms with van der Waals surface area (Å²) in [6.07, 6.45) is 0. The summed E-state index contributed by atoms with van der Waals surface area (Å²) in [6.45, 7) is 6.67. The van der Waals surface area contributed by atoms with E-state index in [0.717, 1.165) is 13.1 Å². The Kier molecular flexibility index (Phi) is 6.53. The van der Waals surface area contributed by atoms with Crippen LogP contribution >= 0.6 is 22.9 Å². The molecule has 3 rings (SSSR count). The molecule has 2 aromatic rings. The van der Waals surface area contributed by atoms with Crippen LogP contribution in [0, 0.1) is 0 Å². The average Bonchev–Trinajstić information content (AvgIpc) is 3.11. The number of rotatable bonds is 5. The van der Waals surface area contributed by atoms with E-state index in [2.05, 4.69) is 42.1 Å². The molecule has 5 nitrogen and oxygen atoms in total. The lowest BCUT2D eigenvalue weighted by atomic mass is 10.1. The van der Waals surface area contributed by atoms with Gasteiger partial charge in [-0.15, -0.1) is 11.3 Å². The van der Waals surface area contributed by atoms with E-state index >= 15 is 0 Å². The van der Waals surface area contributed by atoms with E-state index in [1.54, 1.807) is 33.3 Å². The summed E-state index contributed by atoms with van der Waals surface area (Å²) in [4.78, 5) is 16.9. The summed E-state index contributed by atoms with van der Waals surface area (Å²) < 4.78 is 0. The van der Waals surface area contributed by atoms with Crippen molar-refractivity contribution in [2.24, 2.45) is 0 Å². The molecule has 0 unspecified atom stereocenters. The molecule has 1 fully saturated rings. The molecule has 2 heterocycles. The first-order valence-electron chi connectivity index (χ1n) is 9.05. The van der Waals surface area contributed by atoms with Gasteiger partial charge in [0.25, 0.3) is 0 Å². The van der Waals surface area contributed by atoms with Crippen LogP contribution in [-0.2, 0) is 0 Å². The number of quaternary nitrogens is 2. The van der Waals surface area contributed by atoms with E-state index in [0.29, 0.717) is 10.7 Å². The number of piperazine rings is 1. The van der Waals surface area contributed by atoms with Gasteiger partial charge < -0.3 is 20.4 Å². The van der Waals surface area contributed by atoms with Crippen molar-refractivity contribution in [3.8, 4) is 0 Å². The Bertz CT molecular complexity index is 716. The molecule has 2 amide bonds. The number of halogens is 1. The Labute approximate surface area is 163 Å². The van der Waals surface area contributed by atoms with E-state index in [4.69, 9.17) is 11.6 Å². The number of thiophene rings is 1. The van der Waals surface area contributed by atoms with Gasteiger partial charge in [0.15, 0.2) is 0 Å². The lowest BCUT2D eigenvalue weighted by Gasteiger charge is -2.35. The van der Waals surface area contributed by atoms with E-state index < -0.39 is 0 Å². The highest BCUT2D eigenvalue weighted by Gasteiger charge is 2.34. The van der Waals surface area contributed by atoms with Gasteiger partial charge >= 0.3 is 6.03 Å². The summed E-state index contributed by atoms with van der Waals surface area (Å²) in [5, 5.41) is 8.73. The van der Waals surface area contributed by atoms with Crippen molar-refractivity contribution in [1.29, 1.82) is 0 Å². The molecule has 1 aromatic carbocycles. The third-order valence-corrected chi connectivity index (χ3v) is 6.17. The average molecular weight is 395 g/mol.